The van der Waals surface area contributed by atoms with E-state index < -0.39 is 0 Å². The van der Waals surface area contributed by atoms with Gasteiger partial charge in [0, 0.05) is 31.4 Å². The molecule has 1 fully saturated rings. The van der Waals surface area contributed by atoms with Crippen molar-refractivity contribution < 1.29 is 0 Å². The molecule has 0 spiro atoms. The van der Waals surface area contributed by atoms with Crippen LogP contribution in [-0.4, -0.2) is 9.13 Å². The van der Waals surface area contributed by atoms with Crippen LogP contribution < -0.4 is 5.69 Å². The lowest BCUT2D eigenvalue weighted by Crippen LogP contribution is -2.23. The van der Waals surface area contributed by atoms with Crippen LogP contribution in [0.2, 0.25) is 0 Å². The van der Waals surface area contributed by atoms with Crippen LogP contribution in [0.25, 0.3) is 0 Å². The molecular formula is C10H12N2O. The zero-order valence-electron chi connectivity index (χ0n) is 7.44. The van der Waals surface area contributed by atoms with Crippen molar-refractivity contribution in [1.82, 2.24) is 9.13 Å². The van der Waals surface area contributed by atoms with Gasteiger partial charge in [0.05, 0.1) is 0 Å². The molecule has 0 atom stereocenters. The summed E-state index contributed by atoms with van der Waals surface area (Å²) < 4.78 is 3.48. The number of rotatable bonds is 3. The second kappa shape index (κ2) is 3.14. The fourth-order valence-corrected chi connectivity index (χ4v) is 1.41. The fourth-order valence-electron chi connectivity index (χ4n) is 1.41. The molecule has 1 aliphatic carbocycles. The van der Waals surface area contributed by atoms with Crippen molar-refractivity contribution in [2.45, 2.75) is 31.8 Å². The summed E-state index contributed by atoms with van der Waals surface area (Å²) in [4.78, 5) is 11.6. The monoisotopic (exact) mass is 176 g/mol. The first-order chi connectivity index (χ1) is 6.33. The van der Waals surface area contributed by atoms with Gasteiger partial charge in [-0.3, -0.25) is 9.13 Å². The second-order valence-electron chi connectivity index (χ2n) is 3.37. The molecule has 3 heteroatoms. The van der Waals surface area contributed by atoms with E-state index in [2.05, 4.69) is 5.92 Å². The summed E-state index contributed by atoms with van der Waals surface area (Å²) in [6.45, 7) is 0.634. The summed E-state index contributed by atoms with van der Waals surface area (Å²) in [5.41, 5.74) is 0.0813. The first kappa shape index (κ1) is 8.18. The topological polar surface area (TPSA) is 26.9 Å². The third kappa shape index (κ3) is 1.52. The van der Waals surface area contributed by atoms with E-state index in [1.165, 1.54) is 0 Å². The molecule has 0 N–H and O–H groups in total. The molecule has 0 aliphatic heterocycles. The number of terminal acetylenes is 1. The van der Waals surface area contributed by atoms with E-state index in [4.69, 9.17) is 6.42 Å². The Kier molecular flexibility index (Phi) is 1.97. The van der Waals surface area contributed by atoms with Crippen LogP contribution in [0.3, 0.4) is 0 Å². The lowest BCUT2D eigenvalue weighted by atomic mass is 10.4. The van der Waals surface area contributed by atoms with Crippen molar-refractivity contribution in [3.8, 4) is 12.3 Å². The highest BCUT2D eigenvalue weighted by Gasteiger charge is 2.25. The van der Waals surface area contributed by atoms with Crippen molar-refractivity contribution in [1.29, 1.82) is 0 Å². The Morgan fingerprint density at radius 1 is 1.54 bits per heavy atom. The van der Waals surface area contributed by atoms with Gasteiger partial charge in [-0.05, 0) is 12.8 Å². The highest BCUT2D eigenvalue weighted by molar-refractivity contribution is 4.92. The van der Waals surface area contributed by atoms with Crippen LogP contribution in [0.15, 0.2) is 17.2 Å². The summed E-state index contributed by atoms with van der Waals surface area (Å²) in [7, 11) is 0. The fraction of sp³-hybridized carbons (Fsp3) is 0.500. The first-order valence-corrected chi connectivity index (χ1v) is 4.53. The largest absolute Gasteiger partial charge is 0.328 e. The van der Waals surface area contributed by atoms with E-state index in [-0.39, 0.29) is 5.69 Å². The number of hydrogen-bond acceptors (Lipinski definition) is 1. The van der Waals surface area contributed by atoms with E-state index in [1.54, 1.807) is 9.13 Å². The highest BCUT2D eigenvalue weighted by atomic mass is 16.1. The van der Waals surface area contributed by atoms with Crippen LogP contribution in [0.5, 0.6) is 0 Å². The van der Waals surface area contributed by atoms with Gasteiger partial charge in [0.25, 0.3) is 0 Å². The molecule has 0 aromatic carbocycles. The molecule has 68 valence electrons. The number of aromatic nitrogens is 2. The smallest absolute Gasteiger partial charge is 0.298 e. The van der Waals surface area contributed by atoms with E-state index in [0.29, 0.717) is 19.0 Å². The number of aryl methyl sites for hydroxylation is 1. The van der Waals surface area contributed by atoms with Crippen LogP contribution in [-0.2, 0) is 6.54 Å². The number of nitrogens with zero attached hydrogens (tertiary/aromatic N) is 2. The van der Waals surface area contributed by atoms with Crippen LogP contribution >= 0.6 is 0 Å². The van der Waals surface area contributed by atoms with Crippen molar-refractivity contribution in [3.05, 3.63) is 22.9 Å². The van der Waals surface area contributed by atoms with Gasteiger partial charge in [0.1, 0.15) is 0 Å². The van der Waals surface area contributed by atoms with Crippen molar-refractivity contribution in [2.24, 2.45) is 0 Å². The molecule has 0 amide bonds. The molecule has 1 heterocycles. The average Bonchev–Trinajstić information content (AvgIpc) is 2.89. The second-order valence-corrected chi connectivity index (χ2v) is 3.37. The lowest BCUT2D eigenvalue weighted by molar-refractivity contribution is 0.629. The molecule has 0 radical (unpaired) electrons. The van der Waals surface area contributed by atoms with Crippen molar-refractivity contribution in [2.75, 3.05) is 0 Å². The Balaban J connectivity index is 2.19. The minimum Gasteiger partial charge on any atom is -0.298 e. The Morgan fingerprint density at radius 3 is 2.92 bits per heavy atom. The predicted octanol–water partition coefficient (Wildman–Crippen LogP) is 1.01. The van der Waals surface area contributed by atoms with Crippen LogP contribution in [0, 0.1) is 12.3 Å². The highest BCUT2D eigenvalue weighted by Crippen LogP contribution is 2.33. The Labute approximate surface area is 77.0 Å². The molecule has 1 aromatic rings. The molecule has 13 heavy (non-hydrogen) atoms. The van der Waals surface area contributed by atoms with E-state index >= 15 is 0 Å². The van der Waals surface area contributed by atoms with Crippen LogP contribution in [0.4, 0.5) is 0 Å². The number of hydrogen-bond donors (Lipinski definition) is 0. The first-order valence-electron chi connectivity index (χ1n) is 4.53. The molecule has 0 saturated heterocycles. The van der Waals surface area contributed by atoms with Gasteiger partial charge in [-0.1, -0.05) is 0 Å². The summed E-state index contributed by atoms with van der Waals surface area (Å²) in [5.74, 6) is 2.53. The molecular weight excluding hydrogens is 164 g/mol. The zero-order chi connectivity index (χ0) is 9.26. The van der Waals surface area contributed by atoms with Gasteiger partial charge in [-0.2, -0.15) is 0 Å². The van der Waals surface area contributed by atoms with Gasteiger partial charge in [0.2, 0.25) is 0 Å². The van der Waals surface area contributed by atoms with Crippen molar-refractivity contribution in [3.63, 3.8) is 0 Å². The lowest BCUT2D eigenvalue weighted by Gasteiger charge is -1.97. The molecule has 1 aliphatic rings. The Morgan fingerprint density at radius 2 is 2.31 bits per heavy atom. The summed E-state index contributed by atoms with van der Waals surface area (Å²) in [5, 5.41) is 0. The predicted molar refractivity (Wildman–Crippen MR) is 50.4 cm³/mol. The Bertz CT molecular complexity index is 390. The Hall–Kier alpha value is -1.43. The summed E-state index contributed by atoms with van der Waals surface area (Å²) in [6.07, 6.45) is 11.7. The van der Waals surface area contributed by atoms with Gasteiger partial charge in [-0.25, -0.2) is 4.79 Å². The molecule has 2 rings (SSSR count). The maximum atomic E-state index is 11.6. The van der Waals surface area contributed by atoms with Gasteiger partial charge >= 0.3 is 5.69 Å². The maximum absolute atomic E-state index is 11.6. The van der Waals surface area contributed by atoms with E-state index in [0.717, 1.165) is 12.8 Å². The van der Waals surface area contributed by atoms with Gasteiger partial charge in [-0.15, -0.1) is 12.3 Å². The third-order valence-corrected chi connectivity index (χ3v) is 2.31. The molecule has 0 bridgehead atoms. The SMILES string of the molecule is C#CCCn1ccn(C2CC2)c1=O. The maximum Gasteiger partial charge on any atom is 0.328 e. The molecule has 3 nitrogen and oxygen atoms in total. The van der Waals surface area contributed by atoms with E-state index in [1.807, 2.05) is 12.4 Å². The standard InChI is InChI=1S/C10H12N2O/c1-2-3-6-11-7-8-12(10(11)13)9-4-5-9/h1,7-9H,3-6H2. The van der Waals surface area contributed by atoms with Gasteiger partial charge < -0.3 is 0 Å². The number of imidazole rings is 1. The average molecular weight is 176 g/mol. The van der Waals surface area contributed by atoms with Crippen LogP contribution in [0.1, 0.15) is 25.3 Å². The minimum atomic E-state index is 0.0813. The van der Waals surface area contributed by atoms with Gasteiger partial charge in [0.15, 0.2) is 0 Å². The molecule has 1 aromatic heterocycles. The molecule has 1 saturated carbocycles. The summed E-state index contributed by atoms with van der Waals surface area (Å²) >= 11 is 0. The molecule has 0 unspecified atom stereocenters. The van der Waals surface area contributed by atoms with E-state index in [9.17, 15) is 4.79 Å². The minimum absolute atomic E-state index is 0.0813. The van der Waals surface area contributed by atoms with Crippen molar-refractivity contribution >= 4 is 0 Å². The zero-order valence-corrected chi connectivity index (χ0v) is 7.44. The normalized spacial score (nSPS) is 15.6. The third-order valence-electron chi connectivity index (χ3n) is 2.31. The summed E-state index contributed by atoms with van der Waals surface area (Å²) in [6, 6.07) is 0.458. The quantitative estimate of drug-likeness (QED) is 0.631.